The molecular weight excluding hydrogens is 355 g/mol. The second-order valence-corrected chi connectivity index (χ2v) is 7.13. The van der Waals surface area contributed by atoms with Gasteiger partial charge in [0.15, 0.2) is 5.69 Å². The Bertz CT molecular complexity index is 757. The van der Waals surface area contributed by atoms with Crippen LogP contribution in [0.25, 0.3) is 0 Å². The molecule has 1 saturated heterocycles. The molecule has 0 N–H and O–H groups in total. The van der Waals surface area contributed by atoms with Crippen molar-refractivity contribution in [3.63, 3.8) is 0 Å². The Morgan fingerprint density at radius 3 is 2.63 bits per heavy atom. The molecule has 1 unspecified atom stereocenters. The van der Waals surface area contributed by atoms with E-state index in [0.717, 1.165) is 0 Å². The van der Waals surface area contributed by atoms with Crippen LogP contribution in [0.5, 0.6) is 0 Å². The predicted molar refractivity (Wildman–Crippen MR) is 94.7 cm³/mol. The second-order valence-electron chi connectivity index (χ2n) is 7.13. The number of anilines is 1. The molecule has 0 spiro atoms. The quantitative estimate of drug-likeness (QED) is 0.588. The number of ether oxygens (including phenoxy) is 2. The average molecular weight is 378 g/mol. The first-order valence-electron chi connectivity index (χ1n) is 8.52. The highest BCUT2D eigenvalue weighted by Crippen LogP contribution is 2.25. The number of halogens is 1. The Morgan fingerprint density at radius 2 is 2.07 bits per heavy atom. The summed E-state index contributed by atoms with van der Waals surface area (Å²) >= 11 is 0. The fourth-order valence-corrected chi connectivity index (χ4v) is 2.80. The van der Waals surface area contributed by atoms with E-state index in [0.29, 0.717) is 13.1 Å². The number of hydrogen-bond donors (Lipinski definition) is 0. The summed E-state index contributed by atoms with van der Waals surface area (Å²) in [6, 6.07) is 4.45. The normalized spacial score (nSPS) is 17.3. The van der Waals surface area contributed by atoms with Gasteiger partial charge in [-0.1, -0.05) is 0 Å². The zero-order valence-corrected chi connectivity index (χ0v) is 15.9. The maximum absolute atomic E-state index is 14.5. The van der Waals surface area contributed by atoms with Crippen molar-refractivity contribution >= 4 is 17.7 Å². The standard InChI is InChI=1S/C18H23FN4O4/c1-18(2,3)27-17(25)22-9-10-23(12(11-22)7-8-20)14-6-5-13(16(24)26-4)21-15(14)19/h5-6,12H,7,9-11H2,1-4H3. The van der Waals surface area contributed by atoms with Gasteiger partial charge in [0.2, 0.25) is 5.95 Å². The number of aromatic nitrogens is 1. The summed E-state index contributed by atoms with van der Waals surface area (Å²) in [5, 5.41) is 9.13. The summed E-state index contributed by atoms with van der Waals surface area (Å²) in [6.07, 6.45) is -0.373. The number of piperazine rings is 1. The zero-order valence-electron chi connectivity index (χ0n) is 15.9. The highest BCUT2D eigenvalue weighted by molar-refractivity contribution is 5.87. The fourth-order valence-electron chi connectivity index (χ4n) is 2.80. The van der Waals surface area contributed by atoms with Crippen LogP contribution in [0.15, 0.2) is 12.1 Å². The Kier molecular flexibility index (Phi) is 6.20. The van der Waals surface area contributed by atoms with Gasteiger partial charge in [-0.05, 0) is 32.9 Å². The van der Waals surface area contributed by atoms with Crippen molar-refractivity contribution in [3.8, 4) is 6.07 Å². The zero-order chi connectivity index (χ0) is 20.2. The Labute approximate surface area is 157 Å². The molecule has 0 aromatic carbocycles. The van der Waals surface area contributed by atoms with E-state index in [1.165, 1.54) is 24.1 Å². The first-order valence-corrected chi connectivity index (χ1v) is 8.52. The number of rotatable bonds is 3. The molecule has 0 aliphatic carbocycles. The molecule has 1 aliphatic heterocycles. The van der Waals surface area contributed by atoms with Gasteiger partial charge in [-0.15, -0.1) is 0 Å². The minimum atomic E-state index is -0.827. The van der Waals surface area contributed by atoms with Gasteiger partial charge in [-0.25, -0.2) is 14.6 Å². The van der Waals surface area contributed by atoms with Crippen LogP contribution in [0.1, 0.15) is 37.7 Å². The van der Waals surface area contributed by atoms with E-state index in [9.17, 15) is 14.0 Å². The number of methoxy groups -OCH3 is 1. The number of pyridine rings is 1. The van der Waals surface area contributed by atoms with Crippen molar-refractivity contribution in [2.75, 3.05) is 31.6 Å². The summed E-state index contributed by atoms with van der Waals surface area (Å²) in [6.45, 7) is 6.17. The van der Waals surface area contributed by atoms with Gasteiger partial charge in [0, 0.05) is 19.6 Å². The van der Waals surface area contributed by atoms with Gasteiger partial charge in [-0.2, -0.15) is 9.65 Å². The maximum atomic E-state index is 14.5. The van der Waals surface area contributed by atoms with Crippen molar-refractivity contribution in [2.24, 2.45) is 0 Å². The van der Waals surface area contributed by atoms with Crippen LogP contribution in [-0.2, 0) is 9.47 Å². The highest BCUT2D eigenvalue weighted by atomic mass is 19.1. The highest BCUT2D eigenvalue weighted by Gasteiger charge is 2.33. The number of nitrogens with zero attached hydrogens (tertiary/aromatic N) is 4. The molecule has 9 heteroatoms. The lowest BCUT2D eigenvalue weighted by molar-refractivity contribution is 0.0215. The average Bonchev–Trinajstić information content (AvgIpc) is 2.60. The number of hydrogen-bond acceptors (Lipinski definition) is 7. The predicted octanol–water partition coefficient (Wildman–Crippen LogP) is 2.35. The fraction of sp³-hybridized carbons (Fsp3) is 0.556. The van der Waals surface area contributed by atoms with Crippen molar-refractivity contribution in [2.45, 2.75) is 38.8 Å². The molecule has 1 aromatic heterocycles. The van der Waals surface area contributed by atoms with Crippen LogP contribution in [0.2, 0.25) is 0 Å². The number of carbonyl (C=O) groups excluding carboxylic acids is 2. The van der Waals surface area contributed by atoms with E-state index >= 15 is 0 Å². The topological polar surface area (TPSA) is 95.8 Å². The van der Waals surface area contributed by atoms with Gasteiger partial charge in [-0.3, -0.25) is 0 Å². The minimum absolute atomic E-state index is 0.0947. The summed E-state index contributed by atoms with van der Waals surface area (Å²) in [7, 11) is 1.19. The van der Waals surface area contributed by atoms with Gasteiger partial charge in [0.25, 0.3) is 0 Å². The van der Waals surface area contributed by atoms with Crippen molar-refractivity contribution in [1.82, 2.24) is 9.88 Å². The number of carbonyl (C=O) groups is 2. The SMILES string of the molecule is COC(=O)c1ccc(N2CCN(C(=O)OC(C)(C)C)CC2CC#N)c(F)n1. The molecular formula is C18H23FN4O4. The second kappa shape index (κ2) is 8.20. The van der Waals surface area contributed by atoms with Crippen LogP contribution < -0.4 is 4.90 Å². The van der Waals surface area contributed by atoms with E-state index in [1.807, 2.05) is 0 Å². The van der Waals surface area contributed by atoms with Gasteiger partial charge in [0.05, 0.1) is 31.3 Å². The molecule has 2 heterocycles. The summed E-state index contributed by atoms with van der Waals surface area (Å²) in [5.74, 6) is -1.56. The molecule has 0 radical (unpaired) electrons. The molecule has 1 fully saturated rings. The molecule has 0 bridgehead atoms. The van der Waals surface area contributed by atoms with Gasteiger partial charge < -0.3 is 19.3 Å². The number of nitriles is 1. The van der Waals surface area contributed by atoms with Crippen molar-refractivity contribution in [3.05, 3.63) is 23.8 Å². The number of amides is 1. The van der Waals surface area contributed by atoms with Crippen LogP contribution in [0.4, 0.5) is 14.9 Å². The minimum Gasteiger partial charge on any atom is -0.464 e. The van der Waals surface area contributed by atoms with E-state index in [-0.39, 0.29) is 24.3 Å². The van der Waals surface area contributed by atoms with Crippen molar-refractivity contribution in [1.29, 1.82) is 5.26 Å². The van der Waals surface area contributed by atoms with E-state index < -0.39 is 29.7 Å². The molecule has 0 saturated carbocycles. The Balaban J connectivity index is 2.20. The molecule has 27 heavy (non-hydrogen) atoms. The van der Waals surface area contributed by atoms with Crippen molar-refractivity contribution < 1.29 is 23.5 Å². The lowest BCUT2D eigenvalue weighted by Crippen LogP contribution is -2.55. The monoisotopic (exact) mass is 378 g/mol. The third-order valence-corrected chi connectivity index (χ3v) is 3.99. The van der Waals surface area contributed by atoms with E-state index in [2.05, 4.69) is 15.8 Å². The third-order valence-electron chi connectivity index (χ3n) is 3.99. The lowest BCUT2D eigenvalue weighted by atomic mass is 10.1. The molecule has 8 nitrogen and oxygen atoms in total. The molecule has 2 rings (SSSR count). The van der Waals surface area contributed by atoms with Gasteiger partial charge >= 0.3 is 12.1 Å². The van der Waals surface area contributed by atoms with Gasteiger partial charge in [0.1, 0.15) is 5.60 Å². The number of esters is 1. The smallest absolute Gasteiger partial charge is 0.410 e. The third kappa shape index (κ3) is 5.06. The maximum Gasteiger partial charge on any atom is 0.410 e. The van der Waals surface area contributed by atoms with Crippen LogP contribution in [0, 0.1) is 17.3 Å². The van der Waals surface area contributed by atoms with Crippen LogP contribution >= 0.6 is 0 Å². The van der Waals surface area contributed by atoms with Crippen LogP contribution in [-0.4, -0.2) is 60.3 Å². The Hall–Kier alpha value is -2.89. The largest absolute Gasteiger partial charge is 0.464 e. The first-order chi connectivity index (χ1) is 12.7. The molecule has 1 atom stereocenters. The molecule has 1 aliphatic rings. The Morgan fingerprint density at radius 1 is 1.37 bits per heavy atom. The van der Waals surface area contributed by atoms with E-state index in [4.69, 9.17) is 10.00 Å². The lowest BCUT2D eigenvalue weighted by Gasteiger charge is -2.42. The molecule has 1 aromatic rings. The first kappa shape index (κ1) is 20.4. The summed E-state index contributed by atoms with van der Waals surface area (Å²) < 4.78 is 24.4. The molecule has 1 amide bonds. The van der Waals surface area contributed by atoms with E-state index in [1.54, 1.807) is 25.7 Å². The summed E-state index contributed by atoms with van der Waals surface area (Å²) in [4.78, 5) is 30.6. The molecule has 146 valence electrons. The summed E-state index contributed by atoms with van der Waals surface area (Å²) in [5.41, 5.74) is -0.590. The van der Waals surface area contributed by atoms with Crippen LogP contribution in [0.3, 0.4) is 0 Å².